The number of H-pyrrole nitrogens is 1. The van der Waals surface area contributed by atoms with Gasteiger partial charge in [-0.2, -0.15) is 5.10 Å². The number of halogens is 1. The smallest absolute Gasteiger partial charge is 0.244 e. The standard InChI is InChI=1S/C10H18ClN3O2S/c1-7(5-4-6-11)14-17(15,16)10-8(2)12-13-9(10)3/h7,14H,4-6H2,1-3H3,(H,12,13). The maximum Gasteiger partial charge on any atom is 0.244 e. The second kappa shape index (κ2) is 5.84. The molecule has 0 spiro atoms. The van der Waals surface area contributed by atoms with Crippen LogP contribution in [-0.2, 0) is 10.0 Å². The average Bonchev–Trinajstić information content (AvgIpc) is 2.55. The number of nitrogens with one attached hydrogen (secondary N) is 2. The molecule has 0 aliphatic rings. The molecule has 0 saturated carbocycles. The van der Waals surface area contributed by atoms with Crippen molar-refractivity contribution in [3.63, 3.8) is 0 Å². The largest absolute Gasteiger partial charge is 0.281 e. The van der Waals surface area contributed by atoms with Crippen molar-refractivity contribution in [3.05, 3.63) is 11.4 Å². The van der Waals surface area contributed by atoms with E-state index in [0.29, 0.717) is 17.3 Å². The minimum Gasteiger partial charge on any atom is -0.281 e. The van der Waals surface area contributed by atoms with Crippen LogP contribution in [0.4, 0.5) is 0 Å². The molecule has 5 nitrogen and oxygen atoms in total. The third-order valence-corrected chi connectivity index (χ3v) is 4.58. The Morgan fingerprint density at radius 2 is 2.12 bits per heavy atom. The monoisotopic (exact) mass is 279 g/mol. The molecule has 0 bridgehead atoms. The highest BCUT2D eigenvalue weighted by atomic mass is 35.5. The van der Waals surface area contributed by atoms with Gasteiger partial charge in [0.05, 0.1) is 11.4 Å². The first-order chi connectivity index (χ1) is 7.88. The number of aromatic nitrogens is 2. The number of hydrogen-bond donors (Lipinski definition) is 2. The van der Waals surface area contributed by atoms with Gasteiger partial charge in [-0.25, -0.2) is 13.1 Å². The van der Waals surface area contributed by atoms with Crippen molar-refractivity contribution < 1.29 is 8.42 Å². The summed E-state index contributed by atoms with van der Waals surface area (Å²) in [6, 6.07) is -0.132. The van der Waals surface area contributed by atoms with Gasteiger partial charge in [-0.1, -0.05) is 0 Å². The molecule has 98 valence electrons. The summed E-state index contributed by atoms with van der Waals surface area (Å²) in [7, 11) is -3.49. The summed E-state index contributed by atoms with van der Waals surface area (Å²) in [6.07, 6.45) is 1.51. The second-order valence-electron chi connectivity index (χ2n) is 4.12. The fraction of sp³-hybridized carbons (Fsp3) is 0.700. The first kappa shape index (κ1) is 14.5. The Morgan fingerprint density at radius 3 is 2.59 bits per heavy atom. The van der Waals surface area contributed by atoms with E-state index in [1.807, 2.05) is 6.92 Å². The lowest BCUT2D eigenvalue weighted by atomic mass is 10.2. The summed E-state index contributed by atoms with van der Waals surface area (Å²) < 4.78 is 26.8. The molecular formula is C10H18ClN3O2S. The first-order valence-electron chi connectivity index (χ1n) is 5.48. The van der Waals surface area contributed by atoms with Crippen molar-refractivity contribution in [2.24, 2.45) is 0 Å². The van der Waals surface area contributed by atoms with E-state index in [0.717, 1.165) is 12.8 Å². The molecule has 0 fully saturated rings. The second-order valence-corrected chi connectivity index (χ2v) is 6.15. The predicted octanol–water partition coefficient (Wildman–Crippen LogP) is 1.71. The maximum atomic E-state index is 12.1. The number of aromatic amines is 1. The van der Waals surface area contributed by atoms with Crippen LogP contribution in [0.3, 0.4) is 0 Å². The van der Waals surface area contributed by atoms with E-state index in [-0.39, 0.29) is 10.9 Å². The SMILES string of the molecule is Cc1n[nH]c(C)c1S(=O)(=O)NC(C)CCCCl. The van der Waals surface area contributed by atoms with Gasteiger partial charge in [0.15, 0.2) is 0 Å². The van der Waals surface area contributed by atoms with Gasteiger partial charge in [-0.15, -0.1) is 11.6 Å². The summed E-state index contributed by atoms with van der Waals surface area (Å²) in [5, 5.41) is 6.56. The van der Waals surface area contributed by atoms with Crippen molar-refractivity contribution in [3.8, 4) is 0 Å². The van der Waals surface area contributed by atoms with Gasteiger partial charge in [0, 0.05) is 11.9 Å². The lowest BCUT2D eigenvalue weighted by Crippen LogP contribution is -2.33. The zero-order valence-electron chi connectivity index (χ0n) is 10.2. The van der Waals surface area contributed by atoms with Crippen molar-refractivity contribution >= 4 is 21.6 Å². The normalized spacial score (nSPS) is 13.9. The summed E-state index contributed by atoms with van der Waals surface area (Å²) in [5.74, 6) is 0.538. The number of hydrogen-bond acceptors (Lipinski definition) is 3. The molecule has 1 atom stereocenters. The van der Waals surface area contributed by atoms with Gasteiger partial charge >= 0.3 is 0 Å². The number of sulfonamides is 1. The predicted molar refractivity (Wildman–Crippen MR) is 67.8 cm³/mol. The van der Waals surface area contributed by atoms with Crippen LogP contribution in [-0.4, -0.2) is 30.5 Å². The van der Waals surface area contributed by atoms with Crippen LogP contribution in [0.1, 0.15) is 31.2 Å². The molecule has 2 N–H and O–H groups in total. The van der Waals surface area contributed by atoms with Crippen LogP contribution in [0, 0.1) is 13.8 Å². The van der Waals surface area contributed by atoms with E-state index < -0.39 is 10.0 Å². The summed E-state index contributed by atoms with van der Waals surface area (Å²) in [4.78, 5) is 0.246. The van der Waals surface area contributed by atoms with Crippen molar-refractivity contribution in [2.75, 3.05) is 5.88 Å². The highest BCUT2D eigenvalue weighted by Crippen LogP contribution is 2.17. The van der Waals surface area contributed by atoms with Crippen LogP contribution >= 0.6 is 11.6 Å². The number of alkyl halides is 1. The molecule has 0 aliphatic heterocycles. The Hall–Kier alpha value is -0.590. The van der Waals surface area contributed by atoms with E-state index in [2.05, 4.69) is 14.9 Å². The number of rotatable bonds is 6. The summed E-state index contributed by atoms with van der Waals surface area (Å²) in [5.41, 5.74) is 1.04. The van der Waals surface area contributed by atoms with E-state index in [4.69, 9.17) is 11.6 Å². The van der Waals surface area contributed by atoms with E-state index >= 15 is 0 Å². The molecule has 0 radical (unpaired) electrons. The van der Waals surface area contributed by atoms with Crippen LogP contribution in [0.2, 0.25) is 0 Å². The molecule has 17 heavy (non-hydrogen) atoms. The Morgan fingerprint density at radius 1 is 1.47 bits per heavy atom. The van der Waals surface area contributed by atoms with Gasteiger partial charge < -0.3 is 0 Å². The van der Waals surface area contributed by atoms with E-state index in [9.17, 15) is 8.42 Å². The molecular weight excluding hydrogens is 262 g/mol. The van der Waals surface area contributed by atoms with Gasteiger partial charge in [-0.3, -0.25) is 5.10 Å². The Balaban J connectivity index is 2.83. The molecule has 0 amide bonds. The average molecular weight is 280 g/mol. The zero-order chi connectivity index (χ0) is 13.1. The minimum absolute atomic E-state index is 0.132. The van der Waals surface area contributed by atoms with Gasteiger partial charge in [0.1, 0.15) is 4.90 Å². The third-order valence-electron chi connectivity index (χ3n) is 2.46. The Labute approximate surface area is 107 Å². The van der Waals surface area contributed by atoms with Gasteiger partial charge in [-0.05, 0) is 33.6 Å². The van der Waals surface area contributed by atoms with E-state index in [1.165, 1.54) is 0 Å². The molecule has 1 aromatic rings. The van der Waals surface area contributed by atoms with Crippen LogP contribution in [0.15, 0.2) is 4.90 Å². The quantitative estimate of drug-likeness (QED) is 0.779. The molecule has 0 aromatic carbocycles. The molecule has 1 rings (SSSR count). The fourth-order valence-corrected chi connectivity index (χ4v) is 3.51. The molecule has 0 saturated heterocycles. The number of aryl methyl sites for hydroxylation is 2. The van der Waals surface area contributed by atoms with Crippen molar-refractivity contribution in [1.29, 1.82) is 0 Å². The number of nitrogens with zero attached hydrogens (tertiary/aromatic N) is 1. The minimum atomic E-state index is -3.49. The molecule has 1 unspecified atom stereocenters. The zero-order valence-corrected chi connectivity index (χ0v) is 11.8. The molecule has 1 heterocycles. The van der Waals surface area contributed by atoms with Crippen LogP contribution < -0.4 is 4.72 Å². The van der Waals surface area contributed by atoms with E-state index in [1.54, 1.807) is 13.8 Å². The summed E-state index contributed by atoms with van der Waals surface area (Å²) >= 11 is 5.57. The van der Waals surface area contributed by atoms with Crippen LogP contribution in [0.5, 0.6) is 0 Å². The third kappa shape index (κ3) is 3.69. The van der Waals surface area contributed by atoms with Crippen molar-refractivity contribution in [1.82, 2.24) is 14.9 Å². The Kier molecular flexibility index (Phi) is 4.97. The summed E-state index contributed by atoms with van der Waals surface area (Å²) in [6.45, 7) is 5.19. The molecule has 1 aromatic heterocycles. The topological polar surface area (TPSA) is 74.8 Å². The fourth-order valence-electron chi connectivity index (χ4n) is 1.70. The lowest BCUT2D eigenvalue weighted by Gasteiger charge is -2.13. The highest BCUT2D eigenvalue weighted by Gasteiger charge is 2.23. The molecule has 0 aliphatic carbocycles. The lowest BCUT2D eigenvalue weighted by molar-refractivity contribution is 0.543. The maximum absolute atomic E-state index is 12.1. The highest BCUT2D eigenvalue weighted by molar-refractivity contribution is 7.89. The first-order valence-corrected chi connectivity index (χ1v) is 7.50. The Bertz CT molecular complexity index is 450. The van der Waals surface area contributed by atoms with Gasteiger partial charge in [0.25, 0.3) is 0 Å². The molecule has 7 heteroatoms. The van der Waals surface area contributed by atoms with Crippen LogP contribution in [0.25, 0.3) is 0 Å². The van der Waals surface area contributed by atoms with Gasteiger partial charge in [0.2, 0.25) is 10.0 Å². The van der Waals surface area contributed by atoms with Crippen molar-refractivity contribution in [2.45, 2.75) is 44.6 Å².